The predicted molar refractivity (Wildman–Crippen MR) is 357 cm³/mol. The number of aromatic nitrogens is 8. The summed E-state index contributed by atoms with van der Waals surface area (Å²) in [6.45, 7) is 9.88. The van der Waals surface area contributed by atoms with Gasteiger partial charge in [0.15, 0.2) is 34.9 Å². The molecule has 0 bridgehead atoms. The summed E-state index contributed by atoms with van der Waals surface area (Å²) in [6.07, 6.45) is 4.26. The molecule has 85 heavy (non-hydrogen) atoms. The Bertz CT molecular complexity index is 4680. The van der Waals surface area contributed by atoms with Crippen molar-refractivity contribution in [3.05, 3.63) is 272 Å². The van der Waals surface area contributed by atoms with Crippen LogP contribution in [-0.4, -0.2) is 55.6 Å². The summed E-state index contributed by atoms with van der Waals surface area (Å²) < 4.78 is 2.30. The number of hydrogen-bond donors (Lipinski definition) is 1. The zero-order chi connectivity index (χ0) is 57.7. The number of aromatic amines is 1. The van der Waals surface area contributed by atoms with Crippen LogP contribution in [-0.2, 0) is 0 Å². The van der Waals surface area contributed by atoms with Gasteiger partial charge in [-0.3, -0.25) is 0 Å². The van der Waals surface area contributed by atoms with E-state index in [9.17, 15) is 0 Å². The zero-order valence-corrected chi connectivity index (χ0v) is 50.2. The standard InChI is InChI=1S/C37H28N4Si.C21H14ClN3.C16H15NSi/c1-42(2)33-19-10-9-18-29(33)30-20-21-32-31(34(30)42)22-23-41(32)28-17-11-16-27(24-28)37-39-35(25-12-5-3-6-13-25)38-36(40-37)26-14-7-4-8-15-26;22-18-13-7-12-17(14-18)21-24-19(15-8-3-1-4-9-15)23-20(25-21)16-10-5-2-6-11-16;1-18(2)15-6-4-3-5-11(15)12-7-8-14-13(16(12)18)9-10-17-14/h3-24H,1-2H3;1-14H;3-10,17H,1-2H3. The maximum absolute atomic E-state index is 6.14. The van der Waals surface area contributed by atoms with Crippen molar-refractivity contribution in [2.45, 2.75) is 26.2 Å². The van der Waals surface area contributed by atoms with Gasteiger partial charge < -0.3 is 9.55 Å². The van der Waals surface area contributed by atoms with Crippen molar-refractivity contribution in [1.82, 2.24) is 39.5 Å². The number of hydrogen-bond acceptors (Lipinski definition) is 6. The third-order valence-electron chi connectivity index (χ3n) is 16.5. The van der Waals surface area contributed by atoms with Crippen molar-refractivity contribution in [2.24, 2.45) is 0 Å². The smallest absolute Gasteiger partial charge is 0.164 e. The second-order valence-corrected chi connectivity index (χ2v) is 31.5. The first-order valence-electron chi connectivity index (χ1n) is 28.6. The number of halogens is 1. The Morgan fingerprint density at radius 3 is 1.22 bits per heavy atom. The summed E-state index contributed by atoms with van der Waals surface area (Å²) in [5.41, 5.74) is 14.9. The molecule has 14 aromatic rings. The highest BCUT2D eigenvalue weighted by atomic mass is 35.5. The predicted octanol–water partition coefficient (Wildman–Crippen LogP) is 16.1. The maximum Gasteiger partial charge on any atom is 0.164 e. The van der Waals surface area contributed by atoms with Gasteiger partial charge in [0.1, 0.15) is 16.1 Å². The third kappa shape index (κ3) is 9.89. The quantitative estimate of drug-likeness (QED) is 0.160. The van der Waals surface area contributed by atoms with E-state index < -0.39 is 16.1 Å². The van der Waals surface area contributed by atoms with E-state index in [1.165, 1.54) is 54.4 Å². The van der Waals surface area contributed by atoms with E-state index in [1.54, 1.807) is 10.4 Å². The van der Waals surface area contributed by atoms with Gasteiger partial charge >= 0.3 is 0 Å². The lowest BCUT2D eigenvalue weighted by molar-refractivity contribution is 1.07. The number of nitrogens with one attached hydrogen (secondary N) is 1. The van der Waals surface area contributed by atoms with Gasteiger partial charge in [-0.15, -0.1) is 0 Å². The summed E-state index contributed by atoms with van der Waals surface area (Å²) in [5, 5.41) is 9.66. The minimum Gasteiger partial charge on any atom is -0.361 e. The summed E-state index contributed by atoms with van der Waals surface area (Å²) in [4.78, 5) is 32.1. The molecule has 0 unspecified atom stereocenters. The molecule has 2 aliphatic heterocycles. The van der Waals surface area contributed by atoms with Gasteiger partial charge in [-0.1, -0.05) is 244 Å². The van der Waals surface area contributed by atoms with Gasteiger partial charge in [0.2, 0.25) is 0 Å². The second-order valence-electron chi connectivity index (χ2n) is 22.5. The average molecular weight is 1150 g/mol. The van der Waals surface area contributed by atoms with Crippen molar-refractivity contribution in [1.29, 1.82) is 0 Å². The van der Waals surface area contributed by atoms with E-state index in [-0.39, 0.29) is 0 Å². The highest BCUT2D eigenvalue weighted by Crippen LogP contribution is 2.36. The molecular formula is C74H57ClN8Si2. The second kappa shape index (κ2) is 22.0. The molecule has 0 radical (unpaired) electrons. The molecule has 0 atom stereocenters. The van der Waals surface area contributed by atoms with Crippen molar-refractivity contribution >= 4 is 70.3 Å². The van der Waals surface area contributed by atoms with Gasteiger partial charge in [-0.25, -0.2) is 29.9 Å². The molecule has 0 amide bonds. The Kier molecular flexibility index (Phi) is 13.7. The van der Waals surface area contributed by atoms with Crippen LogP contribution in [0.5, 0.6) is 0 Å². The van der Waals surface area contributed by atoms with Crippen LogP contribution in [0.25, 0.3) is 118 Å². The average Bonchev–Trinajstić information content (AvgIpc) is 1.67. The van der Waals surface area contributed by atoms with Crippen LogP contribution in [0.15, 0.2) is 267 Å². The van der Waals surface area contributed by atoms with Crippen LogP contribution in [0, 0.1) is 0 Å². The minimum atomic E-state index is -1.81. The Morgan fingerprint density at radius 2 is 0.741 bits per heavy atom. The van der Waals surface area contributed by atoms with E-state index in [2.05, 4.69) is 172 Å². The van der Waals surface area contributed by atoms with Crippen molar-refractivity contribution in [3.63, 3.8) is 0 Å². The van der Waals surface area contributed by atoms with Gasteiger partial charge in [0.25, 0.3) is 0 Å². The molecule has 0 aliphatic carbocycles. The lowest BCUT2D eigenvalue weighted by Gasteiger charge is -2.20. The molecule has 16 rings (SSSR count). The van der Waals surface area contributed by atoms with Crippen molar-refractivity contribution in [2.75, 3.05) is 0 Å². The van der Waals surface area contributed by atoms with Crippen molar-refractivity contribution in [3.8, 4) is 96.3 Å². The molecule has 6 heterocycles. The fraction of sp³-hybridized carbons (Fsp3) is 0.0541. The molecule has 0 saturated carbocycles. The lowest BCUT2D eigenvalue weighted by Crippen LogP contribution is -2.49. The normalized spacial score (nSPS) is 13.0. The summed E-state index contributed by atoms with van der Waals surface area (Å²) in [6, 6.07) is 87.6. The first-order chi connectivity index (χ1) is 41.6. The number of nitrogens with zero attached hydrogens (tertiary/aromatic N) is 7. The third-order valence-corrected chi connectivity index (χ3v) is 23.9. The molecule has 0 fully saturated rings. The van der Waals surface area contributed by atoms with Crippen LogP contribution >= 0.6 is 11.6 Å². The van der Waals surface area contributed by atoms with Gasteiger partial charge in [-0.05, 0) is 96.9 Å². The van der Waals surface area contributed by atoms with Gasteiger partial charge in [0, 0.05) is 67.4 Å². The molecule has 10 aromatic carbocycles. The Morgan fingerprint density at radius 1 is 0.341 bits per heavy atom. The molecule has 1 N–H and O–H groups in total. The number of H-pyrrole nitrogens is 1. The van der Waals surface area contributed by atoms with Crippen molar-refractivity contribution < 1.29 is 0 Å². The van der Waals surface area contributed by atoms with Crippen LogP contribution < -0.4 is 20.7 Å². The van der Waals surface area contributed by atoms with Gasteiger partial charge in [0.05, 0.1) is 5.52 Å². The first-order valence-corrected chi connectivity index (χ1v) is 35.0. The largest absolute Gasteiger partial charge is 0.361 e. The molecule has 0 spiro atoms. The molecule has 0 saturated heterocycles. The zero-order valence-electron chi connectivity index (χ0n) is 47.4. The highest BCUT2D eigenvalue weighted by Gasteiger charge is 2.40. The SMILES string of the molecule is C[Si]1(C)c2ccccc2-c2ccc3[nH]ccc3c21.C[Si]1(C)c2ccccc2-c2ccc3c(ccn3-c3cccc(-c4nc(-c5ccccc5)nc(-c5ccccc5)n4)c3)c21.Clc1cccc(-c2nc(-c3ccccc3)nc(-c3ccccc3)n2)c1. The number of rotatable bonds is 7. The van der Waals surface area contributed by atoms with Gasteiger partial charge in [-0.2, -0.15) is 0 Å². The Hall–Kier alpha value is -9.98. The van der Waals surface area contributed by atoms with Crippen LogP contribution in [0.3, 0.4) is 0 Å². The van der Waals surface area contributed by atoms with Crippen LogP contribution in [0.1, 0.15) is 0 Å². The van der Waals surface area contributed by atoms with Crippen LogP contribution in [0.4, 0.5) is 0 Å². The van der Waals surface area contributed by atoms with Crippen LogP contribution in [0.2, 0.25) is 31.2 Å². The molecular weight excluding hydrogens is 1090 g/mol. The molecule has 4 aromatic heterocycles. The topological polar surface area (TPSA) is 98.1 Å². The maximum atomic E-state index is 6.14. The fourth-order valence-electron chi connectivity index (χ4n) is 12.5. The lowest BCUT2D eigenvalue weighted by atomic mass is 10.0. The van der Waals surface area contributed by atoms with E-state index in [0.29, 0.717) is 40.0 Å². The molecule has 2 aliphatic rings. The molecule has 8 nitrogen and oxygen atoms in total. The first kappa shape index (κ1) is 53.1. The molecule has 408 valence electrons. The Labute approximate surface area is 501 Å². The van der Waals surface area contributed by atoms with E-state index >= 15 is 0 Å². The fourth-order valence-corrected chi connectivity index (χ4v) is 19.6. The Balaban J connectivity index is 0.000000125. The van der Waals surface area contributed by atoms with E-state index in [0.717, 1.165) is 39.1 Å². The summed E-state index contributed by atoms with van der Waals surface area (Å²) in [5.74, 6) is 3.88. The number of benzene rings is 10. The monoisotopic (exact) mass is 1150 g/mol. The van der Waals surface area contributed by atoms with E-state index in [1.807, 2.05) is 146 Å². The highest BCUT2D eigenvalue weighted by molar-refractivity contribution is 7.05. The summed E-state index contributed by atoms with van der Waals surface area (Å²) in [7, 11) is -3.34. The summed E-state index contributed by atoms with van der Waals surface area (Å²) >= 11 is 6.14. The minimum absolute atomic E-state index is 0.607. The molecule has 11 heteroatoms. The van der Waals surface area contributed by atoms with E-state index in [4.69, 9.17) is 26.6 Å². The number of fused-ring (bicyclic) bond motifs is 10.